The average molecular weight is 216 g/mol. The molecule has 2 atom stereocenters. The van der Waals surface area contributed by atoms with E-state index in [4.69, 9.17) is 4.74 Å². The highest BCUT2D eigenvalue weighted by Gasteiger charge is 2.10. The molecule has 0 fully saturated rings. The summed E-state index contributed by atoms with van der Waals surface area (Å²) in [7, 11) is 1.76. The van der Waals surface area contributed by atoms with Gasteiger partial charge in [-0.2, -0.15) is 0 Å². The summed E-state index contributed by atoms with van der Waals surface area (Å²) in [6, 6.07) is 1.16. The molecule has 15 heavy (non-hydrogen) atoms. The highest BCUT2D eigenvalue weighted by atomic mass is 16.5. The quantitative estimate of drug-likeness (QED) is 0.635. The van der Waals surface area contributed by atoms with Crippen molar-refractivity contribution >= 4 is 0 Å². The van der Waals surface area contributed by atoms with Crippen LogP contribution in [0, 0.1) is 0 Å². The summed E-state index contributed by atoms with van der Waals surface area (Å²) in [5.74, 6) is 0. The van der Waals surface area contributed by atoms with Gasteiger partial charge >= 0.3 is 0 Å². The monoisotopic (exact) mass is 216 g/mol. The number of likely N-dealkylation sites (N-methyl/N-ethyl adjacent to an activating group) is 1. The topological polar surface area (TPSA) is 24.5 Å². The van der Waals surface area contributed by atoms with Crippen LogP contribution in [-0.4, -0.2) is 50.3 Å². The Hall–Kier alpha value is -0.120. The van der Waals surface area contributed by atoms with E-state index < -0.39 is 0 Å². The molecule has 0 aromatic heterocycles. The fourth-order valence-corrected chi connectivity index (χ4v) is 1.74. The molecule has 0 aliphatic carbocycles. The molecule has 0 heterocycles. The van der Waals surface area contributed by atoms with Gasteiger partial charge in [0.2, 0.25) is 0 Å². The normalized spacial score (nSPS) is 15.6. The standard InChI is InChI=1S/C12H28N2O/c1-6-14(7-2)12(4)10-13-11(3)8-9-15-5/h11-13H,6-10H2,1-5H3. The average Bonchev–Trinajstić information content (AvgIpc) is 2.25. The van der Waals surface area contributed by atoms with Gasteiger partial charge in [-0.25, -0.2) is 0 Å². The molecule has 0 aliphatic heterocycles. The minimum atomic E-state index is 0.544. The van der Waals surface area contributed by atoms with Crippen molar-refractivity contribution in [2.75, 3.05) is 33.4 Å². The maximum absolute atomic E-state index is 5.06. The lowest BCUT2D eigenvalue weighted by Gasteiger charge is -2.27. The lowest BCUT2D eigenvalue weighted by Crippen LogP contribution is -2.42. The molecule has 92 valence electrons. The summed E-state index contributed by atoms with van der Waals surface area (Å²) in [6.45, 7) is 13.1. The van der Waals surface area contributed by atoms with Gasteiger partial charge in [0.25, 0.3) is 0 Å². The Labute approximate surface area is 95.2 Å². The van der Waals surface area contributed by atoms with E-state index in [1.807, 2.05) is 0 Å². The van der Waals surface area contributed by atoms with Crippen LogP contribution < -0.4 is 5.32 Å². The van der Waals surface area contributed by atoms with Crippen LogP contribution in [0.1, 0.15) is 34.1 Å². The molecule has 0 radical (unpaired) electrons. The van der Waals surface area contributed by atoms with E-state index >= 15 is 0 Å². The number of hydrogen-bond acceptors (Lipinski definition) is 3. The summed E-state index contributed by atoms with van der Waals surface area (Å²) in [5.41, 5.74) is 0. The Morgan fingerprint density at radius 1 is 1.20 bits per heavy atom. The van der Waals surface area contributed by atoms with Crippen molar-refractivity contribution in [3.05, 3.63) is 0 Å². The van der Waals surface area contributed by atoms with E-state index in [0.717, 1.165) is 32.7 Å². The van der Waals surface area contributed by atoms with Gasteiger partial charge in [-0.1, -0.05) is 13.8 Å². The first-order valence-corrected chi connectivity index (χ1v) is 6.12. The third-order valence-corrected chi connectivity index (χ3v) is 2.95. The summed E-state index contributed by atoms with van der Waals surface area (Å²) < 4.78 is 5.06. The molecule has 3 nitrogen and oxygen atoms in total. The first kappa shape index (κ1) is 14.9. The van der Waals surface area contributed by atoms with Crippen LogP contribution >= 0.6 is 0 Å². The van der Waals surface area contributed by atoms with Crippen LogP contribution in [0.5, 0.6) is 0 Å². The summed E-state index contributed by atoms with van der Waals surface area (Å²) in [6.07, 6.45) is 1.08. The third-order valence-electron chi connectivity index (χ3n) is 2.95. The highest BCUT2D eigenvalue weighted by molar-refractivity contribution is 4.70. The van der Waals surface area contributed by atoms with Gasteiger partial charge in [-0.3, -0.25) is 4.90 Å². The van der Waals surface area contributed by atoms with Crippen LogP contribution in [-0.2, 0) is 4.74 Å². The maximum atomic E-state index is 5.06. The van der Waals surface area contributed by atoms with Gasteiger partial charge in [-0.05, 0) is 33.4 Å². The van der Waals surface area contributed by atoms with E-state index in [2.05, 4.69) is 37.9 Å². The predicted octanol–water partition coefficient (Wildman–Crippen LogP) is 1.73. The number of nitrogens with one attached hydrogen (secondary N) is 1. The predicted molar refractivity (Wildman–Crippen MR) is 66.3 cm³/mol. The Kier molecular flexibility index (Phi) is 9.06. The van der Waals surface area contributed by atoms with Crippen LogP contribution in [0.15, 0.2) is 0 Å². The number of methoxy groups -OCH3 is 1. The summed E-state index contributed by atoms with van der Waals surface area (Å²) in [5, 5.41) is 3.54. The van der Waals surface area contributed by atoms with Crippen molar-refractivity contribution in [1.29, 1.82) is 0 Å². The molecule has 0 rings (SSSR count). The van der Waals surface area contributed by atoms with E-state index in [-0.39, 0.29) is 0 Å². The molecule has 0 bridgehead atoms. The molecule has 0 aromatic carbocycles. The second-order valence-corrected chi connectivity index (χ2v) is 4.16. The van der Waals surface area contributed by atoms with Crippen LogP contribution in [0.3, 0.4) is 0 Å². The van der Waals surface area contributed by atoms with Crippen LogP contribution in [0.2, 0.25) is 0 Å². The second-order valence-electron chi connectivity index (χ2n) is 4.16. The third kappa shape index (κ3) is 6.88. The zero-order chi connectivity index (χ0) is 11.7. The largest absolute Gasteiger partial charge is 0.385 e. The van der Waals surface area contributed by atoms with Crippen molar-refractivity contribution in [2.45, 2.75) is 46.2 Å². The zero-order valence-electron chi connectivity index (χ0n) is 11.0. The second kappa shape index (κ2) is 9.13. The molecule has 0 amide bonds. The summed E-state index contributed by atoms with van der Waals surface area (Å²) >= 11 is 0. The van der Waals surface area contributed by atoms with Crippen molar-refractivity contribution in [3.63, 3.8) is 0 Å². The molecule has 0 aliphatic rings. The molecule has 0 saturated heterocycles. The van der Waals surface area contributed by atoms with E-state index in [1.165, 1.54) is 0 Å². The van der Waals surface area contributed by atoms with Gasteiger partial charge in [0.15, 0.2) is 0 Å². The van der Waals surface area contributed by atoms with Crippen molar-refractivity contribution < 1.29 is 4.74 Å². The van der Waals surface area contributed by atoms with Gasteiger partial charge in [0, 0.05) is 32.3 Å². The summed E-state index contributed by atoms with van der Waals surface area (Å²) in [4.78, 5) is 2.47. The fourth-order valence-electron chi connectivity index (χ4n) is 1.74. The molecule has 1 N–H and O–H groups in total. The van der Waals surface area contributed by atoms with Gasteiger partial charge in [0.05, 0.1) is 0 Å². The highest BCUT2D eigenvalue weighted by Crippen LogP contribution is 1.98. The SMILES string of the molecule is CCN(CC)C(C)CNC(C)CCOC. The Morgan fingerprint density at radius 3 is 2.27 bits per heavy atom. The molecule has 0 aromatic rings. The first-order chi connectivity index (χ1) is 7.15. The Balaban J connectivity index is 3.63. The van der Waals surface area contributed by atoms with Gasteiger partial charge in [-0.15, -0.1) is 0 Å². The minimum absolute atomic E-state index is 0.544. The lowest BCUT2D eigenvalue weighted by atomic mass is 10.2. The lowest BCUT2D eigenvalue weighted by molar-refractivity contribution is 0.179. The van der Waals surface area contributed by atoms with E-state index in [1.54, 1.807) is 7.11 Å². The minimum Gasteiger partial charge on any atom is -0.385 e. The van der Waals surface area contributed by atoms with Gasteiger partial charge in [0.1, 0.15) is 0 Å². The first-order valence-electron chi connectivity index (χ1n) is 6.12. The van der Waals surface area contributed by atoms with Crippen LogP contribution in [0.25, 0.3) is 0 Å². The van der Waals surface area contributed by atoms with Crippen LogP contribution in [0.4, 0.5) is 0 Å². The molecule has 3 heteroatoms. The number of hydrogen-bond donors (Lipinski definition) is 1. The molecule has 0 spiro atoms. The van der Waals surface area contributed by atoms with Crippen molar-refractivity contribution in [3.8, 4) is 0 Å². The zero-order valence-corrected chi connectivity index (χ0v) is 11.0. The van der Waals surface area contributed by atoms with Crippen molar-refractivity contribution in [2.24, 2.45) is 0 Å². The number of rotatable bonds is 9. The Morgan fingerprint density at radius 2 is 1.80 bits per heavy atom. The molecular formula is C12H28N2O. The van der Waals surface area contributed by atoms with Gasteiger partial charge < -0.3 is 10.1 Å². The fraction of sp³-hybridized carbons (Fsp3) is 1.00. The number of ether oxygens (including phenoxy) is 1. The molecule has 0 saturated carbocycles. The Bertz CT molecular complexity index is 138. The molecule has 2 unspecified atom stereocenters. The van der Waals surface area contributed by atoms with E-state index in [9.17, 15) is 0 Å². The van der Waals surface area contributed by atoms with Crippen molar-refractivity contribution in [1.82, 2.24) is 10.2 Å². The van der Waals surface area contributed by atoms with E-state index in [0.29, 0.717) is 12.1 Å². The smallest absolute Gasteiger partial charge is 0.0476 e. The molecular weight excluding hydrogens is 188 g/mol. The maximum Gasteiger partial charge on any atom is 0.0476 e. The number of nitrogens with zero attached hydrogens (tertiary/aromatic N) is 1.